The molecule has 0 bridgehead atoms. The molecule has 3 N–H and O–H groups in total. The van der Waals surface area contributed by atoms with Crippen molar-refractivity contribution in [3.8, 4) is 0 Å². The molecular formula is C8H12B2N2O4. The standard InChI is InChI=1S/C8H12B2N2O4/c9-7(15)11-4-2-1-3-5(6(13)14)12-8(10)16/h5H,1-4H2,(H,11,15)(H,12,16)(H,13,14)/t5-/m0/s1. The first-order valence-electron chi connectivity index (χ1n) is 4.75. The Bertz CT molecular complexity index is 273. The molecule has 0 saturated carbocycles. The quantitative estimate of drug-likeness (QED) is 0.394. The van der Waals surface area contributed by atoms with Crippen LogP contribution in [-0.2, 0) is 4.79 Å². The predicted molar refractivity (Wildman–Crippen MR) is 58.7 cm³/mol. The molecule has 8 heteroatoms. The summed E-state index contributed by atoms with van der Waals surface area (Å²) in [6.07, 6.45) is 1.35. The maximum absolute atomic E-state index is 10.6. The highest BCUT2D eigenvalue weighted by atomic mass is 16.4. The Morgan fingerprint density at radius 3 is 2.19 bits per heavy atom. The van der Waals surface area contributed by atoms with Crippen molar-refractivity contribution >= 4 is 33.3 Å². The molecule has 0 saturated heterocycles. The monoisotopic (exact) mass is 222 g/mol. The van der Waals surface area contributed by atoms with E-state index in [1.807, 2.05) is 0 Å². The number of carboxylic acid groups (broad SMARTS) is 1. The van der Waals surface area contributed by atoms with Crippen LogP contribution in [0.15, 0.2) is 0 Å². The number of unbranched alkanes of at least 4 members (excludes halogenated alkanes) is 1. The number of carboxylic acids is 1. The van der Waals surface area contributed by atoms with Crippen molar-refractivity contribution in [1.29, 1.82) is 0 Å². The second-order valence-corrected chi connectivity index (χ2v) is 3.19. The molecule has 0 fully saturated rings. The van der Waals surface area contributed by atoms with Gasteiger partial charge in [-0.2, -0.15) is 0 Å². The Labute approximate surface area is 96.0 Å². The molecule has 4 radical (unpaired) electrons. The number of aliphatic carboxylic acids is 1. The number of amides is 2. The van der Waals surface area contributed by atoms with E-state index < -0.39 is 23.6 Å². The smallest absolute Gasteiger partial charge is 0.326 e. The van der Waals surface area contributed by atoms with Crippen LogP contribution < -0.4 is 10.6 Å². The Morgan fingerprint density at radius 1 is 1.12 bits per heavy atom. The summed E-state index contributed by atoms with van der Waals surface area (Å²) in [5, 5.41) is 13.2. The zero-order valence-electron chi connectivity index (χ0n) is 8.73. The van der Waals surface area contributed by atoms with Crippen molar-refractivity contribution in [3.05, 3.63) is 0 Å². The SMILES string of the molecule is [B]C(=O)NCCCC[C@H](NC([B])=O)C(=O)O. The highest BCUT2D eigenvalue weighted by Crippen LogP contribution is 2.00. The van der Waals surface area contributed by atoms with Crippen molar-refractivity contribution < 1.29 is 19.5 Å². The maximum atomic E-state index is 10.6. The van der Waals surface area contributed by atoms with Gasteiger partial charge in [0.05, 0.1) is 0 Å². The largest absolute Gasteiger partial charge is 0.480 e. The number of hydrogen-bond acceptors (Lipinski definition) is 3. The number of hydrogen-bond donors (Lipinski definition) is 3. The second kappa shape index (κ2) is 7.78. The Morgan fingerprint density at radius 2 is 1.75 bits per heavy atom. The van der Waals surface area contributed by atoms with Gasteiger partial charge < -0.3 is 15.7 Å². The van der Waals surface area contributed by atoms with Gasteiger partial charge in [-0.15, -0.1) is 0 Å². The fourth-order valence-corrected chi connectivity index (χ4v) is 1.11. The van der Waals surface area contributed by atoms with Crippen LogP contribution in [0.4, 0.5) is 9.59 Å². The first-order chi connectivity index (χ1) is 7.43. The fourth-order valence-electron chi connectivity index (χ4n) is 1.11. The van der Waals surface area contributed by atoms with Gasteiger partial charge in [0.1, 0.15) is 6.04 Å². The Hall–Kier alpha value is -1.46. The van der Waals surface area contributed by atoms with Crippen molar-refractivity contribution in [3.63, 3.8) is 0 Å². The minimum atomic E-state index is -1.14. The van der Waals surface area contributed by atoms with Gasteiger partial charge in [0.15, 0.2) is 19.5 Å². The lowest BCUT2D eigenvalue weighted by Gasteiger charge is -2.13. The van der Waals surface area contributed by atoms with Gasteiger partial charge in [-0.3, -0.25) is 9.59 Å². The van der Waals surface area contributed by atoms with Crippen LogP contribution in [0.2, 0.25) is 0 Å². The van der Waals surface area contributed by atoms with E-state index >= 15 is 0 Å². The zero-order valence-corrected chi connectivity index (χ0v) is 8.73. The molecule has 0 rings (SSSR count). The maximum Gasteiger partial charge on any atom is 0.326 e. The number of carbonyl (C=O) groups excluding carboxylic acids is 2. The molecule has 2 amide bonds. The van der Waals surface area contributed by atoms with E-state index in [4.69, 9.17) is 20.8 Å². The van der Waals surface area contributed by atoms with Gasteiger partial charge >= 0.3 is 5.97 Å². The van der Waals surface area contributed by atoms with E-state index in [1.165, 1.54) is 0 Å². The average molecular weight is 222 g/mol. The van der Waals surface area contributed by atoms with E-state index in [1.54, 1.807) is 0 Å². The average Bonchev–Trinajstić information content (AvgIpc) is 2.14. The third-order valence-electron chi connectivity index (χ3n) is 1.83. The summed E-state index contributed by atoms with van der Waals surface area (Å²) < 4.78 is 0. The number of rotatable bonds is 7. The molecule has 0 aliphatic rings. The van der Waals surface area contributed by atoms with Crippen LogP contribution in [0.5, 0.6) is 0 Å². The summed E-state index contributed by atoms with van der Waals surface area (Å²) in [5.41, 5.74) is 0. The molecule has 84 valence electrons. The molecule has 0 unspecified atom stereocenters. The lowest BCUT2D eigenvalue weighted by Crippen LogP contribution is -2.40. The summed E-state index contributed by atoms with van der Waals surface area (Å²) in [5.74, 6) is -2.63. The van der Waals surface area contributed by atoms with Crippen molar-refractivity contribution in [2.75, 3.05) is 6.54 Å². The van der Waals surface area contributed by atoms with Gasteiger partial charge in [-0.25, -0.2) is 4.79 Å². The van der Waals surface area contributed by atoms with Crippen molar-refractivity contribution in [2.24, 2.45) is 0 Å². The molecule has 6 nitrogen and oxygen atoms in total. The highest BCUT2D eigenvalue weighted by molar-refractivity contribution is 6.57. The Balaban J connectivity index is 3.72. The van der Waals surface area contributed by atoms with Gasteiger partial charge in [0, 0.05) is 6.54 Å². The van der Waals surface area contributed by atoms with E-state index in [2.05, 4.69) is 10.6 Å². The first-order valence-corrected chi connectivity index (χ1v) is 4.75. The summed E-state index contributed by atoms with van der Waals surface area (Å²) in [7, 11) is 9.65. The van der Waals surface area contributed by atoms with Crippen LogP contribution in [-0.4, -0.2) is 51.0 Å². The summed E-state index contributed by atoms with van der Waals surface area (Å²) in [4.78, 5) is 31.4. The topological polar surface area (TPSA) is 95.5 Å². The summed E-state index contributed by atoms with van der Waals surface area (Å²) >= 11 is 0. The van der Waals surface area contributed by atoms with Crippen LogP contribution in [0.25, 0.3) is 0 Å². The molecule has 0 aliphatic heterocycles. The minimum Gasteiger partial charge on any atom is -0.480 e. The molecule has 0 spiro atoms. The van der Waals surface area contributed by atoms with E-state index in [0.29, 0.717) is 19.4 Å². The van der Waals surface area contributed by atoms with Crippen LogP contribution in [0, 0.1) is 0 Å². The molecule has 0 heterocycles. The molecule has 0 aromatic rings. The molecule has 1 atom stereocenters. The lowest BCUT2D eigenvalue weighted by atomic mass is 10.1. The molecular weight excluding hydrogens is 210 g/mol. The van der Waals surface area contributed by atoms with E-state index in [0.717, 1.165) is 0 Å². The molecule has 0 aliphatic carbocycles. The van der Waals surface area contributed by atoms with Crippen LogP contribution in [0.1, 0.15) is 19.3 Å². The third-order valence-corrected chi connectivity index (χ3v) is 1.83. The van der Waals surface area contributed by atoms with Gasteiger partial charge in [-0.05, 0) is 19.3 Å². The van der Waals surface area contributed by atoms with E-state index in [9.17, 15) is 14.4 Å². The molecule has 0 aromatic heterocycles. The van der Waals surface area contributed by atoms with Gasteiger partial charge in [0.2, 0.25) is 7.85 Å². The van der Waals surface area contributed by atoms with Crippen LogP contribution >= 0.6 is 0 Å². The predicted octanol–water partition coefficient (Wildman–Crippen LogP) is -0.634. The number of carbonyl (C=O) groups is 3. The van der Waals surface area contributed by atoms with Crippen LogP contribution in [0.3, 0.4) is 0 Å². The summed E-state index contributed by atoms with van der Waals surface area (Å²) in [6, 6.07) is -0.994. The van der Waals surface area contributed by atoms with Crippen molar-refractivity contribution in [2.45, 2.75) is 25.3 Å². The minimum absolute atomic E-state index is 0.249. The first kappa shape index (κ1) is 14.5. The third kappa shape index (κ3) is 7.90. The second-order valence-electron chi connectivity index (χ2n) is 3.19. The van der Waals surface area contributed by atoms with Gasteiger partial charge in [0.25, 0.3) is 0 Å². The van der Waals surface area contributed by atoms with Gasteiger partial charge in [-0.1, -0.05) is 0 Å². The van der Waals surface area contributed by atoms with Crippen molar-refractivity contribution in [1.82, 2.24) is 10.6 Å². The van der Waals surface area contributed by atoms with E-state index in [-0.39, 0.29) is 6.42 Å². The number of nitrogens with one attached hydrogen (secondary N) is 2. The summed E-state index contributed by atoms with van der Waals surface area (Å²) in [6.45, 7) is 0.373. The lowest BCUT2D eigenvalue weighted by molar-refractivity contribution is -0.139. The zero-order chi connectivity index (χ0) is 12.6. The Kier molecular flexibility index (Phi) is 7.07. The highest BCUT2D eigenvalue weighted by Gasteiger charge is 2.16. The molecule has 0 aromatic carbocycles. The fraction of sp³-hybridized carbons (Fsp3) is 0.625. The normalized spacial score (nSPS) is 11.5. The molecule has 16 heavy (non-hydrogen) atoms.